The van der Waals surface area contributed by atoms with Crippen LogP contribution in [0.15, 0.2) is 88.8 Å². The number of methoxy groups -OCH3 is 1. The molecule has 0 bridgehead atoms. The number of allylic oxidation sites excluding steroid dienone is 2. The van der Waals surface area contributed by atoms with E-state index in [-0.39, 0.29) is 30.4 Å². The third-order valence-electron chi connectivity index (χ3n) is 8.95. The number of piperazine rings is 1. The molecule has 6 rings (SSSR count). The van der Waals surface area contributed by atoms with Crippen LogP contribution in [0.25, 0.3) is 17.0 Å². The largest absolute Gasteiger partial charge is 0.491 e. The van der Waals surface area contributed by atoms with E-state index in [9.17, 15) is 22.8 Å². The Balaban J connectivity index is 0.890. The second kappa shape index (κ2) is 17.6. The van der Waals surface area contributed by atoms with Crippen LogP contribution in [0.3, 0.4) is 0 Å². The fourth-order valence-corrected chi connectivity index (χ4v) is 7.10. The summed E-state index contributed by atoms with van der Waals surface area (Å²) in [7, 11) is 1.45. The van der Waals surface area contributed by atoms with Gasteiger partial charge in [-0.05, 0) is 102 Å². The number of hydrogen-bond donors (Lipinski definition) is 2. The van der Waals surface area contributed by atoms with E-state index in [4.69, 9.17) is 37.4 Å². The molecule has 1 amide bonds. The zero-order chi connectivity index (χ0) is 39.2. The van der Waals surface area contributed by atoms with Gasteiger partial charge in [-0.25, -0.2) is 4.79 Å². The number of alkyl halides is 3. The molecule has 0 radical (unpaired) electrons. The molecule has 0 unspecified atom stereocenters. The third kappa shape index (κ3) is 10.3. The van der Waals surface area contributed by atoms with Gasteiger partial charge < -0.3 is 29.4 Å². The zero-order valence-electron chi connectivity index (χ0n) is 29.5. The number of ether oxygens (including phenoxy) is 3. The highest BCUT2D eigenvalue weighted by atomic mass is 127. The summed E-state index contributed by atoms with van der Waals surface area (Å²) >= 11 is 14.1. The molecule has 4 aromatic rings. The number of aromatic nitrogens is 1. The van der Waals surface area contributed by atoms with Crippen LogP contribution in [0.2, 0.25) is 10.0 Å². The van der Waals surface area contributed by atoms with E-state index in [1.807, 2.05) is 52.9 Å². The van der Waals surface area contributed by atoms with Gasteiger partial charge in [-0.1, -0.05) is 35.3 Å². The van der Waals surface area contributed by atoms with Crippen LogP contribution < -0.4 is 15.0 Å². The highest BCUT2D eigenvalue weighted by Crippen LogP contribution is 2.52. The van der Waals surface area contributed by atoms with Gasteiger partial charge in [0.2, 0.25) is 0 Å². The molecule has 55 heavy (non-hydrogen) atoms. The first-order valence-corrected chi connectivity index (χ1v) is 19.0. The van der Waals surface area contributed by atoms with Crippen LogP contribution in [0.4, 0.5) is 18.9 Å². The van der Waals surface area contributed by atoms with Gasteiger partial charge in [0.25, 0.3) is 5.91 Å². The quantitative estimate of drug-likeness (QED) is 0.0308. The number of halogens is 6. The molecule has 0 saturated carbocycles. The van der Waals surface area contributed by atoms with Crippen molar-refractivity contribution >= 4 is 80.3 Å². The smallest absolute Gasteiger partial charge is 0.442 e. The number of esters is 1. The molecule has 1 aromatic heterocycles. The van der Waals surface area contributed by atoms with Crippen molar-refractivity contribution < 1.29 is 37.0 Å². The van der Waals surface area contributed by atoms with Crippen molar-refractivity contribution in [3.05, 3.63) is 109 Å². The van der Waals surface area contributed by atoms with Gasteiger partial charge in [0, 0.05) is 70.2 Å². The van der Waals surface area contributed by atoms with Gasteiger partial charge >= 0.3 is 17.8 Å². The fraction of sp³-hybridized carbons (Fsp3) is 0.316. The number of nitrogens with one attached hydrogen (secondary N) is 2. The first-order valence-electron chi connectivity index (χ1n) is 17.2. The summed E-state index contributed by atoms with van der Waals surface area (Å²) in [6, 6.07) is 17.2. The van der Waals surface area contributed by atoms with Gasteiger partial charge in [-0.2, -0.15) is 13.2 Å². The first kappa shape index (κ1) is 40.3. The summed E-state index contributed by atoms with van der Waals surface area (Å²) in [4.78, 5) is 33.0. The van der Waals surface area contributed by atoms with Crippen LogP contribution in [-0.4, -0.2) is 80.9 Å². The third-order valence-corrected chi connectivity index (χ3v) is 10.3. The Morgan fingerprint density at radius 3 is 2.53 bits per heavy atom. The second-order valence-electron chi connectivity index (χ2n) is 12.8. The van der Waals surface area contributed by atoms with E-state index in [0.29, 0.717) is 31.5 Å². The Kier molecular flexibility index (Phi) is 12.9. The first-order chi connectivity index (χ1) is 26.3. The molecule has 11 nitrogen and oxygen atoms in total. The van der Waals surface area contributed by atoms with Crippen LogP contribution in [0, 0.1) is 3.57 Å². The Hall–Kier alpha value is -4.32. The van der Waals surface area contributed by atoms with Crippen LogP contribution in [-0.2, 0) is 31.3 Å². The molecule has 3 heterocycles. The number of carbonyl (C=O) groups is 2. The number of benzene rings is 3. The van der Waals surface area contributed by atoms with Gasteiger partial charge in [0.05, 0.1) is 17.2 Å². The second-order valence-corrected chi connectivity index (χ2v) is 14.8. The lowest BCUT2D eigenvalue weighted by Crippen LogP contribution is -2.47. The number of hydrogen-bond acceptors (Lipinski definition) is 9. The lowest BCUT2D eigenvalue weighted by molar-refractivity contribution is -0.166. The zero-order valence-corrected chi connectivity index (χ0v) is 33.1. The molecule has 0 spiro atoms. The lowest BCUT2D eigenvalue weighted by Gasteiger charge is -2.36. The fourth-order valence-electron chi connectivity index (χ4n) is 6.03. The molecular formula is C38H36Cl2F3IN6O5. The van der Waals surface area contributed by atoms with E-state index in [0.717, 1.165) is 61.4 Å². The standard InChI is InChI=1S/C38H36Cl2F3IN6O5/c1-53-34(8-2-5-28-17-25-18-31(39)32(40)21-33(25)46-28)36(52)45-9-4-10-49-11-13-50(14-12-49)29-6-3-7-30(20-29)54-23-35(51)55-22-24-15-26(19-27(44)16-24)37(47-48-37)38(41,42)43/h2-3,5-8,15-21,46H,4,9-14,22-23H2,1H3,(H,45,52). The topological polar surface area (TPSA) is 121 Å². The normalized spacial score (nSPS) is 15.8. The van der Waals surface area contributed by atoms with Crippen molar-refractivity contribution in [3.63, 3.8) is 0 Å². The van der Waals surface area contributed by atoms with E-state index < -0.39 is 17.8 Å². The summed E-state index contributed by atoms with van der Waals surface area (Å²) in [6.07, 6.45) is 1.28. The minimum atomic E-state index is -4.65. The maximum Gasteiger partial charge on any atom is 0.442 e. The van der Waals surface area contributed by atoms with E-state index in [1.54, 1.807) is 36.4 Å². The summed E-state index contributed by atoms with van der Waals surface area (Å²) in [5.41, 5.74) is 0.351. The number of fused-ring (bicyclic) bond motifs is 1. The van der Waals surface area contributed by atoms with Crippen LogP contribution in [0.5, 0.6) is 5.75 Å². The van der Waals surface area contributed by atoms with E-state index >= 15 is 0 Å². The van der Waals surface area contributed by atoms with Crippen molar-refractivity contribution in [2.75, 3.05) is 57.9 Å². The average molecular weight is 912 g/mol. The molecule has 0 aliphatic carbocycles. The van der Waals surface area contributed by atoms with Gasteiger partial charge in [0.1, 0.15) is 12.4 Å². The number of rotatable bonds is 15. The molecule has 290 valence electrons. The number of H-pyrrole nitrogens is 1. The predicted molar refractivity (Wildman–Crippen MR) is 212 cm³/mol. The molecule has 3 aromatic carbocycles. The van der Waals surface area contributed by atoms with Crippen LogP contribution in [0.1, 0.15) is 23.2 Å². The molecule has 0 atom stereocenters. The summed E-state index contributed by atoms with van der Waals surface area (Å²) in [6.45, 7) is 3.95. The van der Waals surface area contributed by atoms with Crippen molar-refractivity contribution in [3.8, 4) is 5.75 Å². The average Bonchev–Trinajstić information content (AvgIpc) is 3.91. The minimum Gasteiger partial charge on any atom is -0.491 e. The highest BCUT2D eigenvalue weighted by molar-refractivity contribution is 14.1. The number of carbonyl (C=O) groups excluding carboxylic acids is 2. The Labute approximate surface area is 338 Å². The minimum absolute atomic E-state index is 0.118. The molecule has 2 N–H and O–H groups in total. The van der Waals surface area contributed by atoms with Crippen molar-refractivity contribution in [1.29, 1.82) is 0 Å². The summed E-state index contributed by atoms with van der Waals surface area (Å²) in [5, 5.41) is 11.3. The molecule has 2 aliphatic heterocycles. The Morgan fingerprint density at radius 1 is 1.04 bits per heavy atom. The highest BCUT2D eigenvalue weighted by Gasteiger charge is 2.65. The number of aromatic amines is 1. The maximum absolute atomic E-state index is 13.5. The van der Waals surface area contributed by atoms with Gasteiger partial charge in [-0.15, -0.1) is 10.2 Å². The van der Waals surface area contributed by atoms with Crippen LogP contribution >= 0.6 is 45.8 Å². The molecule has 1 saturated heterocycles. The molecular weight excluding hydrogens is 875 g/mol. The lowest BCUT2D eigenvalue weighted by atomic mass is 10.0. The van der Waals surface area contributed by atoms with E-state index in [1.165, 1.54) is 19.2 Å². The number of amides is 1. The number of nitrogens with zero attached hydrogens (tertiary/aromatic N) is 4. The Morgan fingerprint density at radius 2 is 1.80 bits per heavy atom. The monoisotopic (exact) mass is 910 g/mol. The maximum atomic E-state index is 13.5. The summed E-state index contributed by atoms with van der Waals surface area (Å²) in [5.74, 6) is -0.278. The van der Waals surface area contributed by atoms with E-state index in [2.05, 4.69) is 30.3 Å². The van der Waals surface area contributed by atoms with Gasteiger partial charge in [-0.3, -0.25) is 9.69 Å². The number of anilines is 1. The predicted octanol–water partition coefficient (Wildman–Crippen LogP) is 8.25. The Bertz CT molecular complexity index is 2090. The molecule has 17 heteroatoms. The van der Waals surface area contributed by atoms with Crippen molar-refractivity contribution in [2.24, 2.45) is 10.2 Å². The van der Waals surface area contributed by atoms with Gasteiger partial charge in [0.15, 0.2) is 12.4 Å². The van der Waals surface area contributed by atoms with Crippen molar-refractivity contribution in [2.45, 2.75) is 24.9 Å². The molecule has 2 aliphatic rings. The molecule has 1 fully saturated rings. The summed E-state index contributed by atoms with van der Waals surface area (Å²) < 4.78 is 57.2. The SMILES string of the molecule is COC(=CC=Cc1cc2cc(Cl)c(Cl)cc2[nH]1)C(=O)NCCCN1CCN(c2cccc(OCC(=O)OCc3cc(I)cc(C4(C(F)(F)F)N=N4)c3)c2)CC1. The van der Waals surface area contributed by atoms with Crippen molar-refractivity contribution in [1.82, 2.24) is 15.2 Å².